The zero-order valence-corrected chi connectivity index (χ0v) is 11.2. The molecule has 1 aliphatic carbocycles. The summed E-state index contributed by atoms with van der Waals surface area (Å²) in [5.41, 5.74) is 0. The van der Waals surface area contributed by atoms with Crippen molar-refractivity contribution in [3.05, 3.63) is 18.1 Å². The summed E-state index contributed by atoms with van der Waals surface area (Å²) in [5, 5.41) is 0. The van der Waals surface area contributed by atoms with Crippen LogP contribution in [0.3, 0.4) is 0 Å². The summed E-state index contributed by atoms with van der Waals surface area (Å²) in [5.74, 6) is 1.96. The number of aromatic nitrogens is 2. The Bertz CT molecular complexity index is 393. The molecule has 4 nitrogen and oxygen atoms in total. The number of rotatable bonds is 2. The molecule has 0 amide bonds. The van der Waals surface area contributed by atoms with E-state index in [0.717, 1.165) is 30.8 Å². The molecule has 0 bridgehead atoms. The highest BCUT2D eigenvalue weighted by Crippen LogP contribution is 2.25. The van der Waals surface area contributed by atoms with Crippen LogP contribution in [0.5, 0.6) is 0 Å². The molecular formula is C14H22N4. The van der Waals surface area contributed by atoms with Crippen LogP contribution in [-0.2, 0) is 0 Å². The maximum absolute atomic E-state index is 4.52. The van der Waals surface area contributed by atoms with Gasteiger partial charge in [-0.05, 0) is 25.8 Å². The van der Waals surface area contributed by atoms with E-state index < -0.39 is 0 Å². The normalized spacial score (nSPS) is 22.6. The predicted molar refractivity (Wildman–Crippen MR) is 72.8 cm³/mol. The fraction of sp³-hybridized carbons (Fsp3) is 0.714. The first-order chi connectivity index (χ1) is 8.83. The van der Waals surface area contributed by atoms with Crippen molar-refractivity contribution in [2.45, 2.75) is 38.6 Å². The van der Waals surface area contributed by atoms with Crippen LogP contribution in [0.1, 0.15) is 31.5 Å². The van der Waals surface area contributed by atoms with E-state index in [1.165, 1.54) is 38.8 Å². The van der Waals surface area contributed by atoms with Gasteiger partial charge in [0.05, 0.1) is 0 Å². The van der Waals surface area contributed by atoms with E-state index in [9.17, 15) is 0 Å². The Hall–Kier alpha value is -1.16. The van der Waals surface area contributed by atoms with Gasteiger partial charge >= 0.3 is 0 Å². The summed E-state index contributed by atoms with van der Waals surface area (Å²) in [6, 6.07) is 2.89. The summed E-state index contributed by atoms with van der Waals surface area (Å²) >= 11 is 0. The third-order valence-electron chi connectivity index (χ3n) is 4.24. The molecule has 3 rings (SSSR count). The van der Waals surface area contributed by atoms with Crippen molar-refractivity contribution in [1.82, 2.24) is 14.9 Å². The Morgan fingerprint density at radius 3 is 2.50 bits per heavy atom. The topological polar surface area (TPSA) is 32.3 Å². The summed E-state index contributed by atoms with van der Waals surface area (Å²) in [7, 11) is 0. The Balaban J connectivity index is 1.59. The Morgan fingerprint density at radius 1 is 1.11 bits per heavy atom. The highest BCUT2D eigenvalue weighted by Gasteiger charge is 2.26. The quantitative estimate of drug-likeness (QED) is 0.797. The molecule has 0 aromatic carbocycles. The van der Waals surface area contributed by atoms with Crippen LogP contribution >= 0.6 is 0 Å². The van der Waals surface area contributed by atoms with Crippen molar-refractivity contribution >= 4 is 5.82 Å². The van der Waals surface area contributed by atoms with Gasteiger partial charge in [-0.15, -0.1) is 0 Å². The third kappa shape index (κ3) is 2.48. The standard InChI is InChI=1S/C14H22N4/c1-12-15-7-6-14(16-12)18-10-8-17(9-11-18)13-4-2-3-5-13/h6-7,13H,2-5,8-11H2,1H3. The summed E-state index contributed by atoms with van der Waals surface area (Å²) < 4.78 is 0. The molecule has 0 spiro atoms. The van der Waals surface area contributed by atoms with Gasteiger partial charge in [0.15, 0.2) is 0 Å². The second-order valence-corrected chi connectivity index (χ2v) is 5.42. The number of piperazine rings is 1. The van der Waals surface area contributed by atoms with Crippen molar-refractivity contribution < 1.29 is 0 Å². The van der Waals surface area contributed by atoms with E-state index in [4.69, 9.17) is 0 Å². The molecule has 2 heterocycles. The molecular weight excluding hydrogens is 224 g/mol. The molecule has 1 aromatic heterocycles. The van der Waals surface area contributed by atoms with Gasteiger partial charge in [-0.2, -0.15) is 0 Å². The number of aryl methyl sites for hydroxylation is 1. The monoisotopic (exact) mass is 246 g/mol. The van der Waals surface area contributed by atoms with Crippen LogP contribution in [0.15, 0.2) is 12.3 Å². The molecule has 1 saturated heterocycles. The van der Waals surface area contributed by atoms with E-state index in [0.29, 0.717) is 0 Å². The van der Waals surface area contributed by atoms with Crippen LogP contribution in [0, 0.1) is 6.92 Å². The maximum atomic E-state index is 4.52. The van der Waals surface area contributed by atoms with Gasteiger partial charge in [-0.1, -0.05) is 12.8 Å². The number of anilines is 1. The molecule has 0 N–H and O–H groups in total. The smallest absolute Gasteiger partial charge is 0.132 e. The SMILES string of the molecule is Cc1nccc(N2CCN(C3CCCC3)CC2)n1. The van der Waals surface area contributed by atoms with E-state index in [1.807, 2.05) is 19.2 Å². The van der Waals surface area contributed by atoms with Crippen molar-refractivity contribution in [2.75, 3.05) is 31.1 Å². The minimum Gasteiger partial charge on any atom is -0.354 e. The van der Waals surface area contributed by atoms with Crippen LogP contribution in [-0.4, -0.2) is 47.1 Å². The highest BCUT2D eigenvalue weighted by molar-refractivity contribution is 5.37. The minimum absolute atomic E-state index is 0.860. The van der Waals surface area contributed by atoms with E-state index in [1.54, 1.807) is 0 Å². The van der Waals surface area contributed by atoms with Gasteiger partial charge in [0.1, 0.15) is 11.6 Å². The van der Waals surface area contributed by atoms with Gasteiger partial charge in [0, 0.05) is 38.4 Å². The first-order valence-electron chi connectivity index (χ1n) is 7.11. The predicted octanol–water partition coefficient (Wildman–Crippen LogP) is 1.85. The van der Waals surface area contributed by atoms with Gasteiger partial charge in [-0.3, -0.25) is 4.90 Å². The number of hydrogen-bond donors (Lipinski definition) is 0. The minimum atomic E-state index is 0.860. The third-order valence-corrected chi connectivity index (χ3v) is 4.24. The lowest BCUT2D eigenvalue weighted by Crippen LogP contribution is -2.50. The average molecular weight is 246 g/mol. The molecule has 2 fully saturated rings. The molecule has 0 unspecified atom stereocenters. The zero-order valence-electron chi connectivity index (χ0n) is 11.2. The van der Waals surface area contributed by atoms with E-state index in [2.05, 4.69) is 19.8 Å². The van der Waals surface area contributed by atoms with Crippen LogP contribution in [0.2, 0.25) is 0 Å². The Labute approximate surface area is 109 Å². The second kappa shape index (κ2) is 5.22. The van der Waals surface area contributed by atoms with Crippen LogP contribution in [0.4, 0.5) is 5.82 Å². The molecule has 2 aliphatic rings. The molecule has 0 radical (unpaired) electrons. The molecule has 1 aliphatic heterocycles. The largest absolute Gasteiger partial charge is 0.354 e. The maximum Gasteiger partial charge on any atom is 0.132 e. The first kappa shape index (κ1) is 11.9. The Kier molecular flexibility index (Phi) is 3.46. The van der Waals surface area contributed by atoms with E-state index >= 15 is 0 Å². The highest BCUT2D eigenvalue weighted by atomic mass is 15.3. The van der Waals surface area contributed by atoms with Gasteiger partial charge in [0.2, 0.25) is 0 Å². The van der Waals surface area contributed by atoms with Crippen LogP contribution < -0.4 is 4.90 Å². The second-order valence-electron chi connectivity index (χ2n) is 5.42. The lowest BCUT2D eigenvalue weighted by Gasteiger charge is -2.38. The Morgan fingerprint density at radius 2 is 1.83 bits per heavy atom. The molecule has 1 saturated carbocycles. The first-order valence-corrected chi connectivity index (χ1v) is 7.11. The summed E-state index contributed by atoms with van der Waals surface area (Å²) in [6.07, 6.45) is 7.53. The number of nitrogens with zero attached hydrogens (tertiary/aromatic N) is 4. The summed E-state index contributed by atoms with van der Waals surface area (Å²) in [4.78, 5) is 13.7. The fourth-order valence-electron chi connectivity index (χ4n) is 3.21. The molecule has 4 heteroatoms. The molecule has 0 atom stereocenters. The number of hydrogen-bond acceptors (Lipinski definition) is 4. The summed E-state index contributed by atoms with van der Waals surface area (Å²) in [6.45, 7) is 6.54. The van der Waals surface area contributed by atoms with Crippen molar-refractivity contribution in [1.29, 1.82) is 0 Å². The lowest BCUT2D eigenvalue weighted by atomic mass is 10.2. The van der Waals surface area contributed by atoms with Crippen molar-refractivity contribution in [2.24, 2.45) is 0 Å². The zero-order chi connectivity index (χ0) is 12.4. The molecule has 1 aromatic rings. The lowest BCUT2D eigenvalue weighted by molar-refractivity contribution is 0.187. The molecule has 98 valence electrons. The van der Waals surface area contributed by atoms with E-state index in [-0.39, 0.29) is 0 Å². The van der Waals surface area contributed by atoms with Crippen molar-refractivity contribution in [3.8, 4) is 0 Å². The average Bonchev–Trinajstić information content (AvgIpc) is 2.93. The van der Waals surface area contributed by atoms with Crippen LogP contribution in [0.25, 0.3) is 0 Å². The van der Waals surface area contributed by atoms with Gasteiger partial charge in [-0.25, -0.2) is 9.97 Å². The van der Waals surface area contributed by atoms with Gasteiger partial charge < -0.3 is 4.90 Å². The van der Waals surface area contributed by atoms with Crippen molar-refractivity contribution in [3.63, 3.8) is 0 Å². The van der Waals surface area contributed by atoms with Gasteiger partial charge in [0.25, 0.3) is 0 Å². The fourth-order valence-corrected chi connectivity index (χ4v) is 3.21. The molecule has 18 heavy (non-hydrogen) atoms.